The molecule has 0 saturated heterocycles. The zero-order valence-electron chi connectivity index (χ0n) is 12.8. The second-order valence-corrected chi connectivity index (χ2v) is 4.96. The maximum Gasteiger partial charge on any atom is 0.257 e. The standard InChI is InChI=1S/C18H17N3O2/c1-19-18(22)13-23-17-6-3-2-5-16(17)14-7-9-15(10-8-14)21-12-4-11-20-21/h2-12H,13H2,1H3,(H,19,22). The van der Waals surface area contributed by atoms with Gasteiger partial charge in [-0.15, -0.1) is 0 Å². The fourth-order valence-electron chi connectivity index (χ4n) is 2.26. The number of nitrogens with zero attached hydrogens (tertiary/aromatic N) is 2. The third-order valence-corrected chi connectivity index (χ3v) is 3.47. The quantitative estimate of drug-likeness (QED) is 0.788. The van der Waals surface area contributed by atoms with Crippen molar-refractivity contribution in [2.45, 2.75) is 0 Å². The molecule has 0 aliphatic carbocycles. The maximum absolute atomic E-state index is 11.4. The van der Waals surface area contributed by atoms with E-state index >= 15 is 0 Å². The maximum atomic E-state index is 11.4. The molecule has 0 aliphatic rings. The number of hydrogen-bond acceptors (Lipinski definition) is 3. The van der Waals surface area contributed by atoms with E-state index in [2.05, 4.69) is 10.4 Å². The Balaban J connectivity index is 1.85. The number of ether oxygens (including phenoxy) is 1. The molecule has 23 heavy (non-hydrogen) atoms. The topological polar surface area (TPSA) is 56.1 Å². The Hall–Kier alpha value is -3.08. The monoisotopic (exact) mass is 307 g/mol. The molecule has 2 aromatic carbocycles. The van der Waals surface area contributed by atoms with Crippen molar-refractivity contribution in [2.75, 3.05) is 13.7 Å². The number of amides is 1. The summed E-state index contributed by atoms with van der Waals surface area (Å²) in [6.07, 6.45) is 3.64. The lowest BCUT2D eigenvalue weighted by molar-refractivity contribution is -0.122. The number of carbonyl (C=O) groups is 1. The van der Waals surface area contributed by atoms with Crippen molar-refractivity contribution >= 4 is 5.91 Å². The van der Waals surface area contributed by atoms with Crippen LogP contribution in [0.5, 0.6) is 5.75 Å². The van der Waals surface area contributed by atoms with Crippen molar-refractivity contribution in [3.63, 3.8) is 0 Å². The number of benzene rings is 2. The van der Waals surface area contributed by atoms with Gasteiger partial charge in [0.2, 0.25) is 0 Å². The summed E-state index contributed by atoms with van der Waals surface area (Å²) in [6, 6.07) is 17.6. The highest BCUT2D eigenvalue weighted by Gasteiger charge is 2.08. The van der Waals surface area contributed by atoms with Gasteiger partial charge in [-0.3, -0.25) is 4.79 Å². The summed E-state index contributed by atoms with van der Waals surface area (Å²) >= 11 is 0. The molecular formula is C18H17N3O2. The first-order valence-electron chi connectivity index (χ1n) is 7.31. The molecule has 0 fully saturated rings. The fourth-order valence-corrected chi connectivity index (χ4v) is 2.26. The summed E-state index contributed by atoms with van der Waals surface area (Å²) in [5.41, 5.74) is 2.96. The van der Waals surface area contributed by atoms with Gasteiger partial charge in [0.05, 0.1) is 5.69 Å². The van der Waals surface area contributed by atoms with Crippen LogP contribution in [0.2, 0.25) is 0 Å². The third-order valence-electron chi connectivity index (χ3n) is 3.47. The Morgan fingerprint density at radius 2 is 1.91 bits per heavy atom. The molecular weight excluding hydrogens is 290 g/mol. The molecule has 0 aliphatic heterocycles. The van der Waals surface area contributed by atoms with Crippen molar-refractivity contribution in [2.24, 2.45) is 0 Å². The molecule has 0 unspecified atom stereocenters. The second-order valence-electron chi connectivity index (χ2n) is 4.96. The molecule has 1 aromatic heterocycles. The lowest BCUT2D eigenvalue weighted by atomic mass is 10.0. The number of rotatable bonds is 5. The van der Waals surface area contributed by atoms with E-state index in [-0.39, 0.29) is 12.5 Å². The third kappa shape index (κ3) is 3.40. The van der Waals surface area contributed by atoms with E-state index in [0.29, 0.717) is 5.75 Å². The van der Waals surface area contributed by atoms with Crippen molar-refractivity contribution in [3.8, 4) is 22.6 Å². The summed E-state index contributed by atoms with van der Waals surface area (Å²) in [6.45, 7) is -0.00111. The largest absolute Gasteiger partial charge is 0.483 e. The van der Waals surface area contributed by atoms with Crippen LogP contribution in [0, 0.1) is 0 Å². The van der Waals surface area contributed by atoms with Crippen LogP contribution in [0.25, 0.3) is 16.8 Å². The summed E-state index contributed by atoms with van der Waals surface area (Å²) in [4.78, 5) is 11.4. The molecule has 3 rings (SSSR count). The number of para-hydroxylation sites is 1. The predicted octanol–water partition coefficient (Wildman–Crippen LogP) is 2.66. The minimum atomic E-state index is -0.158. The van der Waals surface area contributed by atoms with Gasteiger partial charge in [0.1, 0.15) is 5.75 Å². The average Bonchev–Trinajstić information content (AvgIpc) is 3.15. The number of likely N-dealkylation sites (N-methyl/N-ethyl adjacent to an activating group) is 1. The van der Waals surface area contributed by atoms with Crippen molar-refractivity contribution in [1.29, 1.82) is 0 Å². The van der Waals surface area contributed by atoms with Crippen LogP contribution in [0.4, 0.5) is 0 Å². The van der Waals surface area contributed by atoms with Gasteiger partial charge in [-0.2, -0.15) is 5.10 Å². The molecule has 0 radical (unpaired) electrons. The van der Waals surface area contributed by atoms with Crippen molar-refractivity contribution < 1.29 is 9.53 Å². The zero-order chi connectivity index (χ0) is 16.1. The first-order valence-corrected chi connectivity index (χ1v) is 7.31. The highest BCUT2D eigenvalue weighted by atomic mass is 16.5. The van der Waals surface area contributed by atoms with E-state index in [1.165, 1.54) is 0 Å². The van der Waals surface area contributed by atoms with Crippen LogP contribution in [0.3, 0.4) is 0 Å². The second kappa shape index (κ2) is 6.79. The zero-order valence-corrected chi connectivity index (χ0v) is 12.8. The van der Waals surface area contributed by atoms with E-state index in [9.17, 15) is 4.79 Å². The van der Waals surface area contributed by atoms with Gasteiger partial charge in [-0.1, -0.05) is 30.3 Å². The SMILES string of the molecule is CNC(=O)COc1ccccc1-c1ccc(-n2cccn2)cc1. The van der Waals surface area contributed by atoms with Gasteiger partial charge < -0.3 is 10.1 Å². The number of aromatic nitrogens is 2. The predicted molar refractivity (Wildman–Crippen MR) is 88.6 cm³/mol. The van der Waals surface area contributed by atoms with Crippen LogP contribution in [0.1, 0.15) is 0 Å². The minimum absolute atomic E-state index is 0.00111. The Labute approximate surface area is 134 Å². The van der Waals surface area contributed by atoms with Gasteiger partial charge in [-0.25, -0.2) is 4.68 Å². The van der Waals surface area contributed by atoms with Gasteiger partial charge >= 0.3 is 0 Å². The highest BCUT2D eigenvalue weighted by Crippen LogP contribution is 2.30. The molecule has 5 heteroatoms. The van der Waals surface area contributed by atoms with Crippen LogP contribution < -0.4 is 10.1 Å². The molecule has 0 saturated carbocycles. The van der Waals surface area contributed by atoms with Crippen LogP contribution >= 0.6 is 0 Å². The van der Waals surface area contributed by atoms with Crippen molar-refractivity contribution in [3.05, 3.63) is 67.0 Å². The van der Waals surface area contributed by atoms with Crippen LogP contribution in [-0.2, 0) is 4.79 Å². The van der Waals surface area contributed by atoms with E-state index in [4.69, 9.17) is 4.74 Å². The molecule has 116 valence electrons. The van der Waals surface area contributed by atoms with Crippen LogP contribution in [0.15, 0.2) is 67.0 Å². The summed E-state index contributed by atoms with van der Waals surface area (Å²) in [5.74, 6) is 0.525. The molecule has 0 bridgehead atoms. The molecule has 1 N–H and O–H groups in total. The van der Waals surface area contributed by atoms with Crippen molar-refractivity contribution in [1.82, 2.24) is 15.1 Å². The lowest BCUT2D eigenvalue weighted by Crippen LogP contribution is -2.24. The molecule has 3 aromatic rings. The van der Waals surface area contributed by atoms with E-state index in [0.717, 1.165) is 16.8 Å². The highest BCUT2D eigenvalue weighted by molar-refractivity contribution is 5.78. The summed E-state index contributed by atoms with van der Waals surface area (Å²) in [7, 11) is 1.59. The average molecular weight is 307 g/mol. The lowest BCUT2D eigenvalue weighted by Gasteiger charge is -2.11. The van der Waals surface area contributed by atoms with Gasteiger partial charge in [-0.05, 0) is 29.8 Å². The number of hydrogen-bond donors (Lipinski definition) is 1. The Morgan fingerprint density at radius 3 is 2.61 bits per heavy atom. The van der Waals surface area contributed by atoms with E-state index in [1.54, 1.807) is 17.9 Å². The van der Waals surface area contributed by atoms with Gasteiger partial charge in [0.25, 0.3) is 5.91 Å². The minimum Gasteiger partial charge on any atom is -0.483 e. The Bertz CT molecular complexity index is 780. The fraction of sp³-hybridized carbons (Fsp3) is 0.111. The molecule has 5 nitrogen and oxygen atoms in total. The molecule has 0 spiro atoms. The van der Waals surface area contributed by atoms with E-state index in [1.807, 2.05) is 60.8 Å². The molecule has 0 atom stereocenters. The molecule has 1 heterocycles. The first-order chi connectivity index (χ1) is 11.3. The van der Waals surface area contributed by atoms with Crippen LogP contribution in [-0.4, -0.2) is 29.3 Å². The molecule has 1 amide bonds. The Morgan fingerprint density at radius 1 is 1.13 bits per heavy atom. The van der Waals surface area contributed by atoms with Gasteiger partial charge in [0, 0.05) is 25.0 Å². The summed E-state index contributed by atoms with van der Waals surface area (Å²) in [5, 5.41) is 6.76. The van der Waals surface area contributed by atoms with E-state index < -0.39 is 0 Å². The van der Waals surface area contributed by atoms with Gasteiger partial charge in [0.15, 0.2) is 6.61 Å². The smallest absolute Gasteiger partial charge is 0.257 e. The Kier molecular flexibility index (Phi) is 4.38. The summed E-state index contributed by atoms with van der Waals surface area (Å²) < 4.78 is 7.42. The number of nitrogens with one attached hydrogen (secondary N) is 1. The number of carbonyl (C=O) groups excluding carboxylic acids is 1. The normalized spacial score (nSPS) is 10.3. The first kappa shape index (κ1) is 14.8.